The second-order valence-corrected chi connectivity index (χ2v) is 6.73. The first-order valence-electron chi connectivity index (χ1n) is 9.02. The van der Waals surface area contributed by atoms with Crippen molar-refractivity contribution in [1.29, 1.82) is 0 Å². The van der Waals surface area contributed by atoms with Crippen LogP contribution in [0.5, 0.6) is 0 Å². The van der Waals surface area contributed by atoms with Gasteiger partial charge in [-0.15, -0.1) is 11.8 Å². The molecular formula is C23H25F. The highest BCUT2D eigenvalue weighted by molar-refractivity contribution is 5.65. The Bertz CT molecular complexity index is 738. The summed E-state index contributed by atoms with van der Waals surface area (Å²) >= 11 is 0. The summed E-state index contributed by atoms with van der Waals surface area (Å²) in [4.78, 5) is 0. The number of halogens is 1. The Kier molecular flexibility index (Phi) is 5.36. The Balaban J connectivity index is 1.76. The number of rotatable bonds is 3. The fourth-order valence-electron chi connectivity index (χ4n) is 3.71. The van der Waals surface area contributed by atoms with Gasteiger partial charge in [-0.2, -0.15) is 0 Å². The first-order valence-corrected chi connectivity index (χ1v) is 9.02. The maximum absolute atomic E-state index is 14.6. The van der Waals surface area contributed by atoms with E-state index >= 15 is 0 Å². The molecule has 0 spiro atoms. The van der Waals surface area contributed by atoms with Crippen molar-refractivity contribution in [2.45, 2.75) is 51.9 Å². The molecule has 1 saturated carbocycles. The molecule has 3 rings (SSSR count). The molecule has 0 N–H and O–H groups in total. The van der Waals surface area contributed by atoms with Crippen LogP contribution < -0.4 is 0 Å². The fraction of sp³-hybridized carbons (Fsp3) is 0.391. The topological polar surface area (TPSA) is 0 Å². The molecule has 1 aliphatic carbocycles. The van der Waals surface area contributed by atoms with E-state index in [0.29, 0.717) is 17.4 Å². The van der Waals surface area contributed by atoms with E-state index in [0.717, 1.165) is 43.2 Å². The van der Waals surface area contributed by atoms with Gasteiger partial charge in [0.1, 0.15) is 5.82 Å². The van der Waals surface area contributed by atoms with Crippen molar-refractivity contribution in [3.05, 3.63) is 59.4 Å². The lowest BCUT2D eigenvalue weighted by Gasteiger charge is -2.26. The van der Waals surface area contributed by atoms with Gasteiger partial charge in [0.15, 0.2) is 0 Å². The van der Waals surface area contributed by atoms with Crippen LogP contribution in [-0.2, 0) is 6.42 Å². The lowest BCUT2D eigenvalue weighted by atomic mass is 9.78. The second kappa shape index (κ2) is 7.67. The molecule has 0 aromatic heterocycles. The number of hydrogen-bond donors (Lipinski definition) is 0. The predicted octanol–water partition coefficient (Wildman–Crippen LogP) is 6.35. The van der Waals surface area contributed by atoms with Crippen LogP contribution >= 0.6 is 0 Å². The van der Waals surface area contributed by atoms with Gasteiger partial charge in [-0.3, -0.25) is 0 Å². The predicted molar refractivity (Wildman–Crippen MR) is 99.4 cm³/mol. The molecule has 1 aliphatic rings. The Hall–Kier alpha value is -2.07. The first-order chi connectivity index (χ1) is 11.7. The quantitative estimate of drug-likeness (QED) is 0.578. The largest absolute Gasteiger partial charge is 0.206 e. The van der Waals surface area contributed by atoms with Gasteiger partial charge in [0, 0.05) is 11.5 Å². The Morgan fingerprint density at radius 3 is 2.29 bits per heavy atom. The molecule has 1 fully saturated rings. The van der Waals surface area contributed by atoms with Gasteiger partial charge in [-0.25, -0.2) is 4.39 Å². The van der Waals surface area contributed by atoms with Crippen LogP contribution in [0.4, 0.5) is 4.39 Å². The number of benzene rings is 2. The van der Waals surface area contributed by atoms with Crippen molar-refractivity contribution in [1.82, 2.24) is 0 Å². The zero-order valence-corrected chi connectivity index (χ0v) is 14.6. The van der Waals surface area contributed by atoms with E-state index < -0.39 is 0 Å². The minimum absolute atomic E-state index is 0.104. The third-order valence-electron chi connectivity index (χ3n) is 5.21. The van der Waals surface area contributed by atoms with E-state index in [1.54, 1.807) is 6.07 Å². The van der Waals surface area contributed by atoms with Crippen LogP contribution in [0.1, 0.15) is 56.6 Å². The molecule has 124 valence electrons. The molecule has 2 aromatic carbocycles. The van der Waals surface area contributed by atoms with E-state index in [-0.39, 0.29) is 5.82 Å². The normalized spacial score (nSPS) is 20.3. The fourth-order valence-corrected chi connectivity index (χ4v) is 3.71. The molecular weight excluding hydrogens is 295 g/mol. The molecule has 0 radical (unpaired) electrons. The average Bonchev–Trinajstić information content (AvgIpc) is 2.63. The third kappa shape index (κ3) is 3.70. The van der Waals surface area contributed by atoms with Gasteiger partial charge >= 0.3 is 0 Å². The van der Waals surface area contributed by atoms with Gasteiger partial charge in [0.05, 0.1) is 0 Å². The summed E-state index contributed by atoms with van der Waals surface area (Å²) in [6.45, 7) is 4.04. The van der Waals surface area contributed by atoms with Gasteiger partial charge in [0.25, 0.3) is 0 Å². The van der Waals surface area contributed by atoms with E-state index in [2.05, 4.69) is 37.0 Å². The summed E-state index contributed by atoms with van der Waals surface area (Å²) < 4.78 is 14.6. The van der Waals surface area contributed by atoms with Crippen molar-refractivity contribution < 1.29 is 4.39 Å². The van der Waals surface area contributed by atoms with E-state index in [1.807, 2.05) is 25.1 Å². The Labute approximate surface area is 145 Å². The van der Waals surface area contributed by atoms with Crippen LogP contribution in [-0.4, -0.2) is 0 Å². The van der Waals surface area contributed by atoms with Crippen molar-refractivity contribution >= 4 is 0 Å². The minimum Gasteiger partial charge on any atom is -0.206 e. The highest BCUT2D eigenvalue weighted by Crippen LogP contribution is 2.37. The third-order valence-corrected chi connectivity index (χ3v) is 5.21. The van der Waals surface area contributed by atoms with Crippen molar-refractivity contribution in [2.75, 3.05) is 0 Å². The Morgan fingerprint density at radius 2 is 1.71 bits per heavy atom. The lowest BCUT2D eigenvalue weighted by Crippen LogP contribution is -2.12. The molecule has 0 saturated heterocycles. The summed E-state index contributed by atoms with van der Waals surface area (Å²) in [5, 5.41) is 0. The molecule has 24 heavy (non-hydrogen) atoms. The summed E-state index contributed by atoms with van der Waals surface area (Å²) in [6, 6.07) is 14.0. The number of aryl methyl sites for hydroxylation is 1. The van der Waals surface area contributed by atoms with Crippen molar-refractivity contribution in [3.8, 4) is 23.0 Å². The molecule has 2 aromatic rings. The monoisotopic (exact) mass is 320 g/mol. The number of hydrogen-bond acceptors (Lipinski definition) is 0. The van der Waals surface area contributed by atoms with E-state index in [4.69, 9.17) is 0 Å². The standard InChI is InChI=1S/C23H25F/c1-3-5-18-8-10-19(11-9-18)21-14-15-22(23(24)16-21)20-12-6-17(4-2)7-13-20/h6-7,12-16,18-19H,4,8-11H2,1-2H3. The SMILES string of the molecule is CC#CC1CCC(c2ccc(-c3ccc(CC)cc3)c(F)c2)CC1. The Morgan fingerprint density at radius 1 is 1.00 bits per heavy atom. The molecule has 1 heteroatoms. The van der Waals surface area contributed by atoms with Gasteiger partial charge in [0.2, 0.25) is 0 Å². The van der Waals surface area contributed by atoms with Gasteiger partial charge in [-0.05, 0) is 67.7 Å². The van der Waals surface area contributed by atoms with Crippen LogP contribution in [0.15, 0.2) is 42.5 Å². The smallest absolute Gasteiger partial charge is 0.131 e. The zero-order valence-electron chi connectivity index (χ0n) is 14.6. The van der Waals surface area contributed by atoms with Crippen LogP contribution in [0, 0.1) is 23.6 Å². The zero-order chi connectivity index (χ0) is 16.9. The van der Waals surface area contributed by atoms with Gasteiger partial charge < -0.3 is 0 Å². The highest BCUT2D eigenvalue weighted by Gasteiger charge is 2.22. The summed E-state index contributed by atoms with van der Waals surface area (Å²) in [6.07, 6.45) is 5.50. The van der Waals surface area contributed by atoms with Crippen LogP contribution in [0.3, 0.4) is 0 Å². The summed E-state index contributed by atoms with van der Waals surface area (Å²) in [5.41, 5.74) is 4.08. The average molecular weight is 320 g/mol. The van der Waals surface area contributed by atoms with Crippen LogP contribution in [0.2, 0.25) is 0 Å². The second-order valence-electron chi connectivity index (χ2n) is 6.73. The van der Waals surface area contributed by atoms with Crippen molar-refractivity contribution in [3.63, 3.8) is 0 Å². The minimum atomic E-state index is -0.104. The molecule has 0 aliphatic heterocycles. The summed E-state index contributed by atoms with van der Waals surface area (Å²) in [5.74, 6) is 7.22. The van der Waals surface area contributed by atoms with Crippen LogP contribution in [0.25, 0.3) is 11.1 Å². The maximum atomic E-state index is 14.6. The van der Waals surface area contributed by atoms with Crippen molar-refractivity contribution in [2.24, 2.45) is 5.92 Å². The van der Waals surface area contributed by atoms with E-state index in [1.165, 1.54) is 5.56 Å². The van der Waals surface area contributed by atoms with E-state index in [9.17, 15) is 4.39 Å². The molecule has 0 nitrogen and oxygen atoms in total. The summed E-state index contributed by atoms with van der Waals surface area (Å²) in [7, 11) is 0. The molecule has 0 bridgehead atoms. The highest BCUT2D eigenvalue weighted by atomic mass is 19.1. The van der Waals surface area contributed by atoms with Gasteiger partial charge in [-0.1, -0.05) is 43.3 Å². The molecule has 0 heterocycles. The first kappa shape index (κ1) is 16.8. The lowest BCUT2D eigenvalue weighted by molar-refractivity contribution is 0.384. The molecule has 0 amide bonds. The molecule has 0 unspecified atom stereocenters. The molecule has 0 atom stereocenters. The maximum Gasteiger partial charge on any atom is 0.131 e.